The number of carbonyl (C=O) groups is 1. The molecule has 1 unspecified atom stereocenters. The van der Waals surface area contributed by atoms with E-state index < -0.39 is 11.4 Å². The summed E-state index contributed by atoms with van der Waals surface area (Å²) in [6, 6.07) is 12.4. The Morgan fingerprint density at radius 2 is 2.09 bits per heavy atom. The van der Waals surface area contributed by atoms with Gasteiger partial charge in [0.2, 0.25) is 0 Å². The number of aromatic nitrogens is 4. The number of hydrogen-bond donors (Lipinski definition) is 1. The Hall–Kier alpha value is -3.33. The van der Waals surface area contributed by atoms with Gasteiger partial charge in [-0.15, -0.1) is 5.10 Å². The van der Waals surface area contributed by atoms with Gasteiger partial charge >= 0.3 is 6.03 Å². The molecule has 2 fully saturated rings. The summed E-state index contributed by atoms with van der Waals surface area (Å²) in [6.45, 7) is 1.71. The first kappa shape index (κ1) is 19.4. The molecule has 1 aliphatic carbocycles. The van der Waals surface area contributed by atoms with Crippen molar-refractivity contribution in [2.24, 2.45) is 0 Å². The van der Waals surface area contributed by atoms with Gasteiger partial charge in [0.25, 0.3) is 0 Å². The summed E-state index contributed by atoms with van der Waals surface area (Å²) in [5, 5.41) is 14.6. The maximum atomic E-state index is 14.6. The highest BCUT2D eigenvalue weighted by Crippen LogP contribution is 2.43. The highest BCUT2D eigenvalue weighted by Gasteiger charge is 2.44. The molecule has 6 rings (SSSR count). The molecule has 2 aromatic carbocycles. The smallest absolute Gasteiger partial charge is 0.321 e. The van der Waals surface area contributed by atoms with Crippen molar-refractivity contribution in [3.63, 3.8) is 0 Å². The first-order chi connectivity index (χ1) is 15.6. The number of tetrazole rings is 1. The second kappa shape index (κ2) is 7.37. The number of anilines is 1. The van der Waals surface area contributed by atoms with E-state index in [-0.39, 0.29) is 17.6 Å². The third-order valence-corrected chi connectivity index (χ3v) is 6.62. The number of nitrogens with zero attached hydrogens (tertiary/aromatic N) is 5. The third kappa shape index (κ3) is 3.24. The summed E-state index contributed by atoms with van der Waals surface area (Å²) in [5.74, 6) is 0.481. The number of urea groups is 1. The number of likely N-dealkylation sites (tertiary alicyclic amines) is 1. The summed E-state index contributed by atoms with van der Waals surface area (Å²) in [6.07, 6.45) is 3.74. The van der Waals surface area contributed by atoms with E-state index in [9.17, 15) is 9.18 Å². The molecule has 0 bridgehead atoms. The van der Waals surface area contributed by atoms with Crippen molar-refractivity contribution in [2.45, 2.75) is 43.8 Å². The Bertz CT molecular complexity index is 1190. The fourth-order valence-electron chi connectivity index (χ4n) is 4.83. The highest BCUT2D eigenvalue weighted by molar-refractivity contribution is 5.89. The number of carbonyl (C=O) groups excluding carboxylic acids is 1. The Morgan fingerprint density at radius 3 is 2.97 bits per heavy atom. The number of rotatable bonds is 3. The summed E-state index contributed by atoms with van der Waals surface area (Å²) < 4.78 is 22.2. The topological polar surface area (TPSA) is 85.2 Å². The number of benzene rings is 2. The lowest BCUT2D eigenvalue weighted by Crippen LogP contribution is -2.49. The van der Waals surface area contributed by atoms with E-state index in [0.29, 0.717) is 31.2 Å². The molecule has 1 N–H and O–H groups in total. The maximum Gasteiger partial charge on any atom is 0.321 e. The van der Waals surface area contributed by atoms with Crippen molar-refractivity contribution in [3.8, 4) is 5.69 Å². The molecule has 2 aliphatic heterocycles. The van der Waals surface area contributed by atoms with Crippen molar-refractivity contribution < 1.29 is 13.9 Å². The number of ether oxygens (including phenoxy) is 1. The summed E-state index contributed by atoms with van der Waals surface area (Å²) >= 11 is 0. The van der Waals surface area contributed by atoms with Crippen molar-refractivity contribution in [1.82, 2.24) is 25.1 Å². The van der Waals surface area contributed by atoms with Crippen molar-refractivity contribution >= 4 is 11.7 Å². The maximum absolute atomic E-state index is 14.6. The third-order valence-electron chi connectivity index (χ3n) is 6.62. The second-order valence-corrected chi connectivity index (χ2v) is 8.78. The van der Waals surface area contributed by atoms with Gasteiger partial charge in [-0.25, -0.2) is 9.18 Å². The number of hydrogen-bond acceptors (Lipinski definition) is 5. The van der Waals surface area contributed by atoms with E-state index in [0.717, 1.165) is 25.7 Å². The molecule has 164 valence electrons. The molecular formula is C23H23FN6O2. The Balaban J connectivity index is 1.22. The van der Waals surface area contributed by atoms with Gasteiger partial charge in [0, 0.05) is 18.2 Å². The van der Waals surface area contributed by atoms with E-state index >= 15 is 0 Å². The monoisotopic (exact) mass is 434 g/mol. The van der Waals surface area contributed by atoms with E-state index in [1.54, 1.807) is 17.0 Å². The summed E-state index contributed by atoms with van der Waals surface area (Å²) in [5.41, 5.74) is 2.64. The lowest BCUT2D eigenvalue weighted by molar-refractivity contribution is -0.0755. The number of fused-ring (bicyclic) bond motifs is 2. The molecule has 3 heterocycles. The largest absolute Gasteiger partial charge is 0.364 e. The van der Waals surface area contributed by atoms with Crippen molar-refractivity contribution in [1.29, 1.82) is 0 Å². The highest BCUT2D eigenvalue weighted by atomic mass is 19.1. The minimum atomic E-state index is -0.453. The van der Waals surface area contributed by atoms with Crippen LogP contribution in [0.3, 0.4) is 0 Å². The average Bonchev–Trinajstić information content (AvgIpc) is 3.45. The van der Waals surface area contributed by atoms with Gasteiger partial charge in [0.05, 0.1) is 13.2 Å². The zero-order chi connectivity index (χ0) is 21.7. The second-order valence-electron chi connectivity index (χ2n) is 8.78. The molecule has 0 radical (unpaired) electrons. The predicted octanol–water partition coefficient (Wildman–Crippen LogP) is 3.73. The van der Waals surface area contributed by atoms with Crippen LogP contribution >= 0.6 is 0 Å². The minimum Gasteiger partial charge on any atom is -0.364 e. The predicted molar refractivity (Wildman–Crippen MR) is 114 cm³/mol. The van der Waals surface area contributed by atoms with Crippen LogP contribution in [-0.4, -0.2) is 44.2 Å². The van der Waals surface area contributed by atoms with Crippen LogP contribution in [0.1, 0.15) is 48.6 Å². The van der Waals surface area contributed by atoms with Crippen LogP contribution in [-0.2, 0) is 16.9 Å². The van der Waals surface area contributed by atoms with Crippen LogP contribution in [0.15, 0.2) is 42.5 Å². The van der Waals surface area contributed by atoms with E-state index in [1.165, 1.54) is 21.9 Å². The zero-order valence-electron chi connectivity index (χ0n) is 17.5. The molecule has 32 heavy (non-hydrogen) atoms. The van der Waals surface area contributed by atoms with Gasteiger partial charge in [-0.3, -0.25) is 0 Å². The van der Waals surface area contributed by atoms with Gasteiger partial charge in [-0.2, -0.15) is 4.68 Å². The molecule has 2 amide bonds. The van der Waals surface area contributed by atoms with Gasteiger partial charge in [-0.05, 0) is 65.4 Å². The molecular weight excluding hydrogens is 411 g/mol. The molecule has 3 aromatic rings. The van der Waals surface area contributed by atoms with Gasteiger partial charge in [-0.1, -0.05) is 24.3 Å². The van der Waals surface area contributed by atoms with Gasteiger partial charge < -0.3 is 15.0 Å². The standard InChI is InChI=1S/C23H23FN6O2/c24-19-9-8-17(12-20(19)30-21(15-6-7-15)26-27-28-30)25-22(31)29-11-3-10-23(14-29)18-5-2-1-4-16(18)13-32-23/h1-2,4-5,8-9,12,15H,3,6-7,10-11,13-14H2,(H,25,31). The zero-order valence-corrected chi connectivity index (χ0v) is 17.5. The van der Waals surface area contributed by atoms with Crippen LogP contribution in [0.5, 0.6) is 0 Å². The summed E-state index contributed by atoms with van der Waals surface area (Å²) in [4.78, 5) is 14.9. The van der Waals surface area contributed by atoms with Crippen LogP contribution in [0, 0.1) is 5.82 Å². The number of halogens is 1. The van der Waals surface area contributed by atoms with Gasteiger partial charge in [0.1, 0.15) is 17.1 Å². The molecule has 3 aliphatic rings. The Labute approximate surface area is 184 Å². The van der Waals surface area contributed by atoms with Crippen molar-refractivity contribution in [3.05, 3.63) is 65.2 Å². The molecule has 1 spiro atoms. The van der Waals surface area contributed by atoms with Crippen LogP contribution in [0.2, 0.25) is 0 Å². The first-order valence-corrected chi connectivity index (χ1v) is 11.0. The normalized spacial score (nSPS) is 22.2. The molecule has 1 atom stereocenters. The van der Waals surface area contributed by atoms with E-state index in [1.807, 2.05) is 12.1 Å². The Kier molecular flexibility index (Phi) is 4.46. The lowest BCUT2D eigenvalue weighted by atomic mass is 9.85. The first-order valence-electron chi connectivity index (χ1n) is 11.0. The quantitative estimate of drug-likeness (QED) is 0.679. The molecule has 1 saturated heterocycles. The molecule has 1 saturated carbocycles. The lowest BCUT2D eigenvalue weighted by Gasteiger charge is -2.40. The minimum absolute atomic E-state index is 0.228. The van der Waals surface area contributed by atoms with Crippen LogP contribution in [0.25, 0.3) is 5.69 Å². The Morgan fingerprint density at radius 1 is 1.22 bits per heavy atom. The fraction of sp³-hybridized carbons (Fsp3) is 0.391. The van der Waals surface area contributed by atoms with Crippen molar-refractivity contribution in [2.75, 3.05) is 18.4 Å². The molecule has 1 aromatic heterocycles. The van der Waals surface area contributed by atoms with E-state index in [2.05, 4.69) is 33.0 Å². The molecule has 9 heteroatoms. The van der Waals surface area contributed by atoms with Crippen LogP contribution in [0.4, 0.5) is 14.9 Å². The number of piperidine rings is 1. The van der Waals surface area contributed by atoms with Gasteiger partial charge in [0.15, 0.2) is 5.82 Å². The number of amides is 2. The number of nitrogens with one attached hydrogen (secondary N) is 1. The fourth-order valence-corrected chi connectivity index (χ4v) is 4.83. The molecule has 8 nitrogen and oxygen atoms in total. The average molecular weight is 434 g/mol. The SMILES string of the molecule is O=C(Nc1ccc(F)c(-n2nnnc2C2CC2)c1)N1CCCC2(C1)OCc1ccccc12. The summed E-state index contributed by atoms with van der Waals surface area (Å²) in [7, 11) is 0. The van der Waals surface area contributed by atoms with Crippen LogP contribution < -0.4 is 5.32 Å². The van der Waals surface area contributed by atoms with E-state index in [4.69, 9.17) is 4.74 Å².